The Morgan fingerprint density at radius 1 is 1.26 bits per heavy atom. The molecule has 1 saturated carbocycles. The van der Waals surface area contributed by atoms with Gasteiger partial charge in [0.2, 0.25) is 11.8 Å². The lowest BCUT2D eigenvalue weighted by atomic mass is 9.85. The first-order valence-electron chi connectivity index (χ1n) is 8.41. The van der Waals surface area contributed by atoms with E-state index in [4.69, 9.17) is 11.6 Å². The first-order chi connectivity index (χ1) is 11.1. The number of nitrogens with zero attached hydrogens (tertiary/aromatic N) is 1. The summed E-state index contributed by atoms with van der Waals surface area (Å²) in [5.41, 5.74) is 0.695. The molecule has 1 aromatic carbocycles. The standard InChI is InChI=1S/C18H23ClN2O2/c1-12-6-2-4-8-15(12)20-18(23)13-10-17(22)21(11-13)16-9-5-3-7-14(16)19/h3,5,7,9,12-13,15H,2,4,6,8,10-11H2,1H3,(H,20,23)/t12-,13-,15-/m1/s1. The third-order valence-electron chi connectivity index (χ3n) is 5.08. The number of benzene rings is 1. The fraction of sp³-hybridized carbons (Fsp3) is 0.556. The summed E-state index contributed by atoms with van der Waals surface area (Å²) < 4.78 is 0. The number of rotatable bonds is 3. The van der Waals surface area contributed by atoms with Gasteiger partial charge in [0.05, 0.1) is 16.6 Å². The molecule has 0 spiro atoms. The van der Waals surface area contributed by atoms with Crippen molar-refractivity contribution in [2.45, 2.75) is 45.1 Å². The Kier molecular flexibility index (Phi) is 4.90. The molecule has 4 nitrogen and oxygen atoms in total. The third-order valence-corrected chi connectivity index (χ3v) is 5.40. The molecule has 0 radical (unpaired) electrons. The van der Waals surface area contributed by atoms with Crippen molar-refractivity contribution in [1.82, 2.24) is 5.32 Å². The number of anilines is 1. The van der Waals surface area contributed by atoms with Crippen molar-refractivity contribution in [3.05, 3.63) is 29.3 Å². The molecule has 0 bridgehead atoms. The van der Waals surface area contributed by atoms with E-state index in [2.05, 4.69) is 12.2 Å². The molecule has 1 aliphatic heterocycles. The van der Waals surface area contributed by atoms with Crippen LogP contribution >= 0.6 is 11.6 Å². The molecule has 3 atom stereocenters. The highest BCUT2D eigenvalue weighted by Gasteiger charge is 2.37. The van der Waals surface area contributed by atoms with Crippen LogP contribution in [-0.2, 0) is 9.59 Å². The van der Waals surface area contributed by atoms with Gasteiger partial charge in [-0.2, -0.15) is 0 Å². The smallest absolute Gasteiger partial charge is 0.227 e. The molecule has 124 valence electrons. The van der Waals surface area contributed by atoms with Gasteiger partial charge in [0.15, 0.2) is 0 Å². The van der Waals surface area contributed by atoms with Gasteiger partial charge in [-0.3, -0.25) is 9.59 Å². The predicted molar refractivity (Wildman–Crippen MR) is 91.5 cm³/mol. The normalized spacial score (nSPS) is 28.0. The summed E-state index contributed by atoms with van der Waals surface area (Å²) in [4.78, 5) is 26.5. The van der Waals surface area contributed by atoms with Crippen molar-refractivity contribution in [1.29, 1.82) is 0 Å². The minimum Gasteiger partial charge on any atom is -0.353 e. The molecule has 0 aromatic heterocycles. The number of hydrogen-bond acceptors (Lipinski definition) is 2. The average molecular weight is 335 g/mol. The zero-order valence-corrected chi connectivity index (χ0v) is 14.2. The maximum Gasteiger partial charge on any atom is 0.227 e. The average Bonchev–Trinajstić information content (AvgIpc) is 2.92. The molecule has 5 heteroatoms. The molecule has 2 aliphatic rings. The molecule has 23 heavy (non-hydrogen) atoms. The molecule has 0 unspecified atom stereocenters. The molecule has 1 aliphatic carbocycles. The summed E-state index contributed by atoms with van der Waals surface area (Å²) in [5, 5.41) is 3.71. The molecule has 1 heterocycles. The zero-order chi connectivity index (χ0) is 16.4. The van der Waals surface area contributed by atoms with E-state index in [1.165, 1.54) is 19.3 Å². The van der Waals surface area contributed by atoms with E-state index in [1.807, 2.05) is 18.2 Å². The van der Waals surface area contributed by atoms with Crippen LogP contribution in [-0.4, -0.2) is 24.4 Å². The zero-order valence-electron chi connectivity index (χ0n) is 13.4. The Labute approximate surface area is 142 Å². The monoisotopic (exact) mass is 334 g/mol. The SMILES string of the molecule is C[C@@H]1CCCC[C@H]1NC(=O)[C@@H]1CC(=O)N(c2ccccc2Cl)C1. The summed E-state index contributed by atoms with van der Waals surface area (Å²) in [6.07, 6.45) is 4.89. The van der Waals surface area contributed by atoms with Gasteiger partial charge in [-0.15, -0.1) is 0 Å². The highest BCUT2D eigenvalue weighted by Crippen LogP contribution is 2.31. The Bertz CT molecular complexity index is 604. The Morgan fingerprint density at radius 2 is 2.00 bits per heavy atom. The lowest BCUT2D eigenvalue weighted by Crippen LogP contribution is -2.44. The predicted octanol–water partition coefficient (Wildman–Crippen LogP) is 3.39. The van der Waals surface area contributed by atoms with E-state index in [1.54, 1.807) is 11.0 Å². The number of para-hydroxylation sites is 1. The highest BCUT2D eigenvalue weighted by molar-refractivity contribution is 6.33. The summed E-state index contributed by atoms with van der Waals surface area (Å²) in [7, 11) is 0. The van der Waals surface area contributed by atoms with Crippen LogP contribution in [0.3, 0.4) is 0 Å². The van der Waals surface area contributed by atoms with Gasteiger partial charge in [-0.25, -0.2) is 0 Å². The quantitative estimate of drug-likeness (QED) is 0.921. The van der Waals surface area contributed by atoms with E-state index in [9.17, 15) is 9.59 Å². The summed E-state index contributed by atoms with van der Waals surface area (Å²) in [6, 6.07) is 7.53. The van der Waals surface area contributed by atoms with Crippen LogP contribution in [0, 0.1) is 11.8 Å². The van der Waals surface area contributed by atoms with Crippen LogP contribution in [0.15, 0.2) is 24.3 Å². The number of amides is 2. The van der Waals surface area contributed by atoms with Crippen LogP contribution in [0.4, 0.5) is 5.69 Å². The number of hydrogen-bond donors (Lipinski definition) is 1. The molecular formula is C18H23ClN2O2. The maximum absolute atomic E-state index is 12.5. The van der Waals surface area contributed by atoms with Gasteiger partial charge in [-0.05, 0) is 30.9 Å². The van der Waals surface area contributed by atoms with E-state index >= 15 is 0 Å². The molecule has 3 rings (SSSR count). The lowest BCUT2D eigenvalue weighted by molar-refractivity contribution is -0.127. The molecule has 1 aromatic rings. The third kappa shape index (κ3) is 3.52. The van der Waals surface area contributed by atoms with Gasteiger partial charge in [-0.1, -0.05) is 43.5 Å². The first-order valence-corrected chi connectivity index (χ1v) is 8.79. The number of carbonyl (C=O) groups is 2. The van der Waals surface area contributed by atoms with E-state index in [-0.39, 0.29) is 30.2 Å². The maximum atomic E-state index is 12.5. The van der Waals surface area contributed by atoms with E-state index in [0.717, 1.165) is 6.42 Å². The molecule has 2 fully saturated rings. The van der Waals surface area contributed by atoms with Crippen LogP contribution in [0.1, 0.15) is 39.0 Å². The minimum atomic E-state index is -0.284. The van der Waals surface area contributed by atoms with Crippen LogP contribution in [0.25, 0.3) is 0 Å². The van der Waals surface area contributed by atoms with Crippen molar-refractivity contribution < 1.29 is 9.59 Å². The Balaban J connectivity index is 1.65. The molecule has 1 N–H and O–H groups in total. The molecular weight excluding hydrogens is 312 g/mol. The fourth-order valence-corrected chi connectivity index (χ4v) is 3.86. The van der Waals surface area contributed by atoms with E-state index in [0.29, 0.717) is 23.2 Å². The Hall–Kier alpha value is -1.55. The van der Waals surface area contributed by atoms with Crippen molar-refractivity contribution in [2.75, 3.05) is 11.4 Å². The van der Waals surface area contributed by atoms with Crippen LogP contribution in [0.5, 0.6) is 0 Å². The first kappa shape index (κ1) is 16.3. The van der Waals surface area contributed by atoms with Crippen LogP contribution < -0.4 is 10.2 Å². The fourth-order valence-electron chi connectivity index (χ4n) is 3.62. The number of carbonyl (C=O) groups excluding carboxylic acids is 2. The summed E-state index contributed by atoms with van der Waals surface area (Å²) >= 11 is 6.18. The Morgan fingerprint density at radius 3 is 2.74 bits per heavy atom. The van der Waals surface area contributed by atoms with Gasteiger partial charge in [0, 0.05) is 19.0 Å². The topological polar surface area (TPSA) is 49.4 Å². The second kappa shape index (κ2) is 6.91. The number of halogens is 1. The van der Waals surface area contributed by atoms with Gasteiger partial charge < -0.3 is 10.2 Å². The van der Waals surface area contributed by atoms with Crippen molar-refractivity contribution >= 4 is 29.1 Å². The van der Waals surface area contributed by atoms with Crippen molar-refractivity contribution in [2.24, 2.45) is 11.8 Å². The largest absolute Gasteiger partial charge is 0.353 e. The van der Waals surface area contributed by atoms with Crippen molar-refractivity contribution in [3.63, 3.8) is 0 Å². The van der Waals surface area contributed by atoms with Gasteiger partial charge in [0.1, 0.15) is 0 Å². The van der Waals surface area contributed by atoms with Crippen LogP contribution in [0.2, 0.25) is 5.02 Å². The second-order valence-electron chi connectivity index (χ2n) is 6.73. The van der Waals surface area contributed by atoms with E-state index < -0.39 is 0 Å². The minimum absolute atomic E-state index is 0.00616. The van der Waals surface area contributed by atoms with Gasteiger partial charge in [0.25, 0.3) is 0 Å². The second-order valence-corrected chi connectivity index (χ2v) is 7.14. The highest BCUT2D eigenvalue weighted by atomic mass is 35.5. The lowest BCUT2D eigenvalue weighted by Gasteiger charge is -2.30. The van der Waals surface area contributed by atoms with Crippen molar-refractivity contribution in [3.8, 4) is 0 Å². The summed E-state index contributed by atoms with van der Waals surface area (Å²) in [6.45, 7) is 2.61. The molecule has 1 saturated heterocycles. The van der Waals surface area contributed by atoms with Gasteiger partial charge >= 0.3 is 0 Å². The summed E-state index contributed by atoms with van der Waals surface area (Å²) in [5.74, 6) is 0.207. The number of nitrogens with one attached hydrogen (secondary N) is 1. The molecule has 2 amide bonds.